The van der Waals surface area contributed by atoms with E-state index in [0.717, 1.165) is 11.3 Å². The molecule has 0 aliphatic heterocycles. The fourth-order valence-electron chi connectivity index (χ4n) is 1.33. The number of hydrogen-bond acceptors (Lipinski definition) is 4. The second-order valence-corrected chi connectivity index (χ2v) is 3.97. The maximum atomic E-state index is 11.4. The molecule has 0 saturated carbocycles. The van der Waals surface area contributed by atoms with Gasteiger partial charge in [-0.25, -0.2) is 4.79 Å². The summed E-state index contributed by atoms with van der Waals surface area (Å²) < 4.78 is 0. The first kappa shape index (κ1) is 15.4. The minimum atomic E-state index is -1.14. The van der Waals surface area contributed by atoms with Crippen LogP contribution in [0.5, 0.6) is 0 Å². The van der Waals surface area contributed by atoms with E-state index in [2.05, 4.69) is 20.9 Å². The van der Waals surface area contributed by atoms with Gasteiger partial charge in [0.25, 0.3) is 0 Å². The van der Waals surface area contributed by atoms with Crippen LogP contribution in [0.25, 0.3) is 0 Å². The van der Waals surface area contributed by atoms with Gasteiger partial charge in [0.05, 0.1) is 18.8 Å². The molecule has 0 fully saturated rings. The predicted octanol–water partition coefficient (Wildman–Crippen LogP) is -0.610. The summed E-state index contributed by atoms with van der Waals surface area (Å²) in [4.78, 5) is 36.9. The minimum Gasteiger partial charge on any atom is -0.480 e. The molecule has 0 aromatic carbocycles. The van der Waals surface area contributed by atoms with Crippen molar-refractivity contribution in [3.8, 4) is 0 Å². The Hall–Kier alpha value is -2.64. The van der Waals surface area contributed by atoms with E-state index in [1.807, 2.05) is 13.0 Å². The van der Waals surface area contributed by atoms with E-state index >= 15 is 0 Å². The maximum Gasteiger partial charge on any atom is 0.322 e. The van der Waals surface area contributed by atoms with Crippen LogP contribution >= 0.6 is 0 Å². The molecule has 0 aliphatic rings. The zero-order chi connectivity index (χ0) is 15.0. The number of hydrogen-bond donors (Lipinski definition) is 4. The summed E-state index contributed by atoms with van der Waals surface area (Å²) in [5.41, 5.74) is 1.69. The number of carboxylic acid groups (broad SMARTS) is 1. The molecular formula is C12H16N4O4. The van der Waals surface area contributed by atoms with E-state index in [-0.39, 0.29) is 13.1 Å². The van der Waals surface area contributed by atoms with Gasteiger partial charge in [0.1, 0.15) is 6.54 Å². The van der Waals surface area contributed by atoms with Crippen molar-refractivity contribution in [2.45, 2.75) is 13.5 Å². The molecular weight excluding hydrogens is 264 g/mol. The number of aromatic nitrogens is 1. The number of aryl methyl sites for hydroxylation is 1. The average molecular weight is 280 g/mol. The second-order valence-electron chi connectivity index (χ2n) is 3.97. The Morgan fingerprint density at radius 3 is 2.60 bits per heavy atom. The summed E-state index contributed by atoms with van der Waals surface area (Å²) in [6.45, 7) is 1.35. The second kappa shape index (κ2) is 7.72. The summed E-state index contributed by atoms with van der Waals surface area (Å²) in [7, 11) is 0. The van der Waals surface area contributed by atoms with Gasteiger partial charge in [0, 0.05) is 6.20 Å². The molecule has 0 spiro atoms. The highest BCUT2D eigenvalue weighted by Gasteiger charge is 2.07. The molecule has 108 valence electrons. The van der Waals surface area contributed by atoms with Gasteiger partial charge < -0.3 is 21.1 Å². The Bertz CT molecular complexity index is 504. The molecule has 0 aliphatic carbocycles. The standard InChI is InChI=1S/C12H16N4O4/c1-8-3-2-4-13-9(8)5-15-12(20)16-6-10(17)14-7-11(18)19/h2-4H,5-7H2,1H3,(H,14,17)(H,18,19)(H2,15,16,20). The predicted molar refractivity (Wildman–Crippen MR) is 69.9 cm³/mol. The number of amides is 3. The Balaban J connectivity index is 2.25. The third-order valence-corrected chi connectivity index (χ3v) is 2.38. The molecule has 1 aromatic rings. The summed E-state index contributed by atoms with van der Waals surface area (Å²) in [6.07, 6.45) is 1.63. The molecule has 0 radical (unpaired) electrons. The highest BCUT2D eigenvalue weighted by molar-refractivity contribution is 5.86. The van der Waals surface area contributed by atoms with Crippen LogP contribution in [-0.2, 0) is 16.1 Å². The molecule has 1 rings (SSSR count). The van der Waals surface area contributed by atoms with Crippen molar-refractivity contribution in [2.24, 2.45) is 0 Å². The molecule has 1 heterocycles. The Labute approximate surface area is 115 Å². The molecule has 8 heteroatoms. The van der Waals surface area contributed by atoms with Gasteiger partial charge in [0.15, 0.2) is 0 Å². The van der Waals surface area contributed by atoms with E-state index in [0.29, 0.717) is 0 Å². The van der Waals surface area contributed by atoms with Crippen LogP contribution in [0, 0.1) is 6.92 Å². The van der Waals surface area contributed by atoms with Gasteiger partial charge in [-0.05, 0) is 18.6 Å². The average Bonchev–Trinajstić information content (AvgIpc) is 2.42. The Morgan fingerprint density at radius 1 is 1.20 bits per heavy atom. The van der Waals surface area contributed by atoms with Crippen molar-refractivity contribution >= 4 is 17.9 Å². The van der Waals surface area contributed by atoms with E-state index in [1.165, 1.54) is 0 Å². The first-order valence-corrected chi connectivity index (χ1v) is 5.89. The van der Waals surface area contributed by atoms with Gasteiger partial charge in [-0.15, -0.1) is 0 Å². The number of carboxylic acids is 1. The Morgan fingerprint density at radius 2 is 1.95 bits per heavy atom. The molecule has 0 unspecified atom stereocenters. The first-order valence-electron chi connectivity index (χ1n) is 5.89. The van der Waals surface area contributed by atoms with Crippen LogP contribution in [0.15, 0.2) is 18.3 Å². The van der Waals surface area contributed by atoms with Crippen LogP contribution in [-0.4, -0.2) is 41.1 Å². The molecule has 0 bridgehead atoms. The lowest BCUT2D eigenvalue weighted by molar-refractivity contribution is -0.137. The highest BCUT2D eigenvalue weighted by atomic mass is 16.4. The van der Waals surface area contributed by atoms with Crippen LogP contribution in [0.1, 0.15) is 11.3 Å². The van der Waals surface area contributed by atoms with Gasteiger partial charge in [-0.3, -0.25) is 14.6 Å². The topological polar surface area (TPSA) is 120 Å². The minimum absolute atomic E-state index is 0.245. The summed E-state index contributed by atoms with van der Waals surface area (Å²) in [6, 6.07) is 3.15. The monoisotopic (exact) mass is 280 g/mol. The molecule has 0 atom stereocenters. The SMILES string of the molecule is Cc1cccnc1CNC(=O)NCC(=O)NCC(=O)O. The number of pyridine rings is 1. The molecule has 1 aromatic heterocycles. The van der Waals surface area contributed by atoms with E-state index in [9.17, 15) is 14.4 Å². The van der Waals surface area contributed by atoms with E-state index in [1.54, 1.807) is 12.3 Å². The van der Waals surface area contributed by atoms with E-state index < -0.39 is 24.5 Å². The normalized spacial score (nSPS) is 9.65. The number of nitrogens with zero attached hydrogens (tertiary/aromatic N) is 1. The number of aliphatic carboxylic acids is 1. The molecule has 8 nitrogen and oxygen atoms in total. The van der Waals surface area contributed by atoms with Gasteiger partial charge in [-0.2, -0.15) is 0 Å². The molecule has 20 heavy (non-hydrogen) atoms. The molecule has 4 N–H and O–H groups in total. The van der Waals surface area contributed by atoms with Crippen molar-refractivity contribution in [3.63, 3.8) is 0 Å². The van der Waals surface area contributed by atoms with Crippen LogP contribution in [0.4, 0.5) is 4.79 Å². The zero-order valence-electron chi connectivity index (χ0n) is 11.0. The van der Waals surface area contributed by atoms with Crippen molar-refractivity contribution < 1.29 is 19.5 Å². The Kier molecular flexibility index (Phi) is 5.95. The molecule has 3 amide bonds. The summed E-state index contributed by atoms with van der Waals surface area (Å²) in [5, 5.41) is 15.3. The smallest absolute Gasteiger partial charge is 0.322 e. The van der Waals surface area contributed by atoms with Gasteiger partial charge >= 0.3 is 12.0 Å². The lowest BCUT2D eigenvalue weighted by Gasteiger charge is -2.08. The lowest BCUT2D eigenvalue weighted by Crippen LogP contribution is -2.43. The zero-order valence-corrected chi connectivity index (χ0v) is 11.0. The third-order valence-electron chi connectivity index (χ3n) is 2.38. The lowest BCUT2D eigenvalue weighted by atomic mass is 10.2. The van der Waals surface area contributed by atoms with Crippen molar-refractivity contribution in [1.82, 2.24) is 20.9 Å². The summed E-state index contributed by atoms with van der Waals surface area (Å²) in [5.74, 6) is -1.72. The van der Waals surface area contributed by atoms with Crippen molar-refractivity contribution in [2.75, 3.05) is 13.1 Å². The van der Waals surface area contributed by atoms with E-state index in [4.69, 9.17) is 5.11 Å². The van der Waals surface area contributed by atoms with Gasteiger partial charge in [0.2, 0.25) is 5.91 Å². The first-order chi connectivity index (χ1) is 9.49. The number of urea groups is 1. The van der Waals surface area contributed by atoms with Crippen molar-refractivity contribution in [3.05, 3.63) is 29.6 Å². The van der Waals surface area contributed by atoms with Crippen LogP contribution in [0.3, 0.4) is 0 Å². The maximum absolute atomic E-state index is 11.4. The van der Waals surface area contributed by atoms with Crippen LogP contribution in [0.2, 0.25) is 0 Å². The van der Waals surface area contributed by atoms with Crippen LogP contribution < -0.4 is 16.0 Å². The van der Waals surface area contributed by atoms with Gasteiger partial charge in [-0.1, -0.05) is 6.07 Å². The molecule has 0 saturated heterocycles. The largest absolute Gasteiger partial charge is 0.480 e. The fraction of sp³-hybridized carbons (Fsp3) is 0.333. The number of carbonyl (C=O) groups excluding carboxylic acids is 2. The number of carbonyl (C=O) groups is 3. The number of nitrogens with one attached hydrogen (secondary N) is 3. The quantitative estimate of drug-likeness (QED) is 0.554. The number of rotatable bonds is 6. The summed E-state index contributed by atoms with van der Waals surface area (Å²) >= 11 is 0. The third kappa shape index (κ3) is 5.80. The highest BCUT2D eigenvalue weighted by Crippen LogP contribution is 2.01. The fourth-order valence-corrected chi connectivity index (χ4v) is 1.33. The van der Waals surface area contributed by atoms with Crippen molar-refractivity contribution in [1.29, 1.82) is 0 Å².